The van der Waals surface area contributed by atoms with E-state index in [1.54, 1.807) is 0 Å². The molecule has 1 heterocycles. The quantitative estimate of drug-likeness (QED) is 0.783. The summed E-state index contributed by atoms with van der Waals surface area (Å²) in [5.41, 5.74) is 1.38. The van der Waals surface area contributed by atoms with Gasteiger partial charge in [-0.1, -0.05) is 33.8 Å². The second kappa shape index (κ2) is 7.12. The summed E-state index contributed by atoms with van der Waals surface area (Å²) >= 11 is 2.41. The monoisotopic (exact) mass is 386 g/mol. The Morgan fingerprint density at radius 2 is 2.05 bits per heavy atom. The van der Waals surface area contributed by atoms with Crippen molar-refractivity contribution in [2.24, 2.45) is 11.8 Å². The summed E-state index contributed by atoms with van der Waals surface area (Å²) in [5, 5.41) is 3.75. The molecule has 1 fully saturated rings. The van der Waals surface area contributed by atoms with Gasteiger partial charge in [0.25, 0.3) is 0 Å². The number of nitrogens with one attached hydrogen (secondary N) is 1. The molecule has 2 nitrogen and oxygen atoms in total. The van der Waals surface area contributed by atoms with E-state index in [-0.39, 0.29) is 0 Å². The van der Waals surface area contributed by atoms with E-state index in [1.165, 1.54) is 15.7 Å². The summed E-state index contributed by atoms with van der Waals surface area (Å²) < 4.78 is 1.32. The lowest BCUT2D eigenvalue weighted by Gasteiger charge is -2.44. The molecule has 0 bridgehead atoms. The molecule has 0 radical (unpaired) electrons. The van der Waals surface area contributed by atoms with Gasteiger partial charge in [-0.05, 0) is 59.0 Å². The van der Waals surface area contributed by atoms with Crippen molar-refractivity contribution >= 4 is 28.3 Å². The lowest BCUT2D eigenvalue weighted by Crippen LogP contribution is -2.58. The average Bonchev–Trinajstić information content (AvgIpc) is 2.37. The number of halogens is 1. The molecule has 0 saturated carbocycles. The van der Waals surface area contributed by atoms with Crippen LogP contribution in [0.1, 0.15) is 34.1 Å². The number of hydrogen-bond acceptors (Lipinski definition) is 2. The summed E-state index contributed by atoms with van der Waals surface area (Å²) in [5.74, 6) is 1.42. The molecular weight excluding hydrogens is 359 g/mol. The fraction of sp³-hybridized carbons (Fsp3) is 0.647. The van der Waals surface area contributed by atoms with Crippen molar-refractivity contribution in [1.82, 2.24) is 5.32 Å². The molecule has 1 aromatic rings. The standard InChI is InChI=1S/C17H27IN2/c1-12(2)8-15-11-20(17(10-19-15)13(3)4)16-7-5-6-14(18)9-16/h5-7,9,12-13,15,17,19H,8,10-11H2,1-4H3. The molecule has 20 heavy (non-hydrogen) atoms. The molecule has 112 valence electrons. The van der Waals surface area contributed by atoms with Crippen LogP contribution in [0.15, 0.2) is 24.3 Å². The molecule has 1 aliphatic rings. The molecule has 0 aromatic heterocycles. The van der Waals surface area contributed by atoms with E-state index in [0.717, 1.165) is 19.0 Å². The summed E-state index contributed by atoms with van der Waals surface area (Å²) in [6.45, 7) is 11.5. The number of piperazine rings is 1. The molecular formula is C17H27IN2. The summed E-state index contributed by atoms with van der Waals surface area (Å²) in [6.07, 6.45) is 1.26. The third kappa shape index (κ3) is 4.10. The minimum absolute atomic E-state index is 0.594. The van der Waals surface area contributed by atoms with Crippen LogP contribution in [0.25, 0.3) is 0 Å². The van der Waals surface area contributed by atoms with Gasteiger partial charge < -0.3 is 10.2 Å². The molecule has 1 N–H and O–H groups in total. The molecule has 0 spiro atoms. The Morgan fingerprint density at radius 3 is 2.65 bits per heavy atom. The van der Waals surface area contributed by atoms with Gasteiger partial charge in [-0.3, -0.25) is 0 Å². The topological polar surface area (TPSA) is 15.3 Å². The average molecular weight is 386 g/mol. The minimum Gasteiger partial charge on any atom is -0.365 e. The number of benzene rings is 1. The van der Waals surface area contributed by atoms with Gasteiger partial charge in [-0.15, -0.1) is 0 Å². The third-order valence-corrected chi connectivity index (χ3v) is 4.77. The molecule has 1 aromatic carbocycles. The van der Waals surface area contributed by atoms with Crippen LogP contribution in [-0.2, 0) is 0 Å². The second-order valence-corrected chi connectivity index (χ2v) is 7.92. The van der Waals surface area contributed by atoms with Crippen LogP contribution in [0.4, 0.5) is 5.69 Å². The number of nitrogens with zero attached hydrogens (tertiary/aromatic N) is 1. The molecule has 2 unspecified atom stereocenters. The summed E-state index contributed by atoms with van der Waals surface area (Å²) in [7, 11) is 0. The lowest BCUT2D eigenvalue weighted by molar-refractivity contribution is 0.310. The fourth-order valence-corrected chi connectivity index (χ4v) is 3.64. The highest BCUT2D eigenvalue weighted by Gasteiger charge is 2.30. The van der Waals surface area contributed by atoms with Crippen LogP contribution < -0.4 is 10.2 Å². The van der Waals surface area contributed by atoms with E-state index in [0.29, 0.717) is 18.0 Å². The Balaban J connectivity index is 2.18. The largest absolute Gasteiger partial charge is 0.365 e. The van der Waals surface area contributed by atoms with Gasteiger partial charge in [0.2, 0.25) is 0 Å². The molecule has 2 atom stereocenters. The Labute approximate surface area is 137 Å². The van der Waals surface area contributed by atoms with Crippen molar-refractivity contribution in [2.45, 2.75) is 46.2 Å². The van der Waals surface area contributed by atoms with Crippen LogP contribution in [-0.4, -0.2) is 25.2 Å². The van der Waals surface area contributed by atoms with Gasteiger partial charge in [0, 0.05) is 34.4 Å². The maximum atomic E-state index is 3.75. The van der Waals surface area contributed by atoms with Crippen molar-refractivity contribution in [2.75, 3.05) is 18.0 Å². The van der Waals surface area contributed by atoms with Crippen molar-refractivity contribution in [3.63, 3.8) is 0 Å². The first-order chi connectivity index (χ1) is 9.47. The second-order valence-electron chi connectivity index (χ2n) is 6.68. The van der Waals surface area contributed by atoms with Crippen LogP contribution >= 0.6 is 22.6 Å². The Kier molecular flexibility index (Phi) is 5.73. The minimum atomic E-state index is 0.594. The predicted molar refractivity (Wildman–Crippen MR) is 96.4 cm³/mol. The number of anilines is 1. The lowest BCUT2D eigenvalue weighted by atomic mass is 9.94. The van der Waals surface area contributed by atoms with Gasteiger partial charge in [0.15, 0.2) is 0 Å². The van der Waals surface area contributed by atoms with E-state index < -0.39 is 0 Å². The first kappa shape index (κ1) is 16.1. The van der Waals surface area contributed by atoms with Crippen LogP contribution in [0.2, 0.25) is 0 Å². The predicted octanol–water partition coefficient (Wildman–Crippen LogP) is 4.14. The first-order valence-electron chi connectivity index (χ1n) is 7.73. The van der Waals surface area contributed by atoms with Crippen LogP contribution in [0.3, 0.4) is 0 Å². The molecule has 3 heteroatoms. The van der Waals surface area contributed by atoms with Crippen molar-refractivity contribution in [3.8, 4) is 0 Å². The normalized spacial score (nSPS) is 23.6. The molecule has 0 amide bonds. The van der Waals surface area contributed by atoms with Crippen LogP contribution in [0, 0.1) is 15.4 Å². The Hall–Kier alpha value is -0.290. The number of rotatable bonds is 4. The van der Waals surface area contributed by atoms with Gasteiger partial charge in [-0.25, -0.2) is 0 Å². The van der Waals surface area contributed by atoms with Crippen molar-refractivity contribution < 1.29 is 0 Å². The van der Waals surface area contributed by atoms with E-state index >= 15 is 0 Å². The molecule has 1 saturated heterocycles. The van der Waals surface area contributed by atoms with Crippen molar-refractivity contribution in [1.29, 1.82) is 0 Å². The molecule has 2 rings (SSSR count). The third-order valence-electron chi connectivity index (χ3n) is 4.10. The van der Waals surface area contributed by atoms with Gasteiger partial charge in [-0.2, -0.15) is 0 Å². The Bertz CT molecular complexity index is 431. The highest BCUT2D eigenvalue weighted by atomic mass is 127. The van der Waals surface area contributed by atoms with E-state index in [2.05, 4.69) is 84.8 Å². The SMILES string of the molecule is CC(C)CC1CN(c2cccc(I)c2)C(C(C)C)CN1. The zero-order chi connectivity index (χ0) is 14.7. The van der Waals surface area contributed by atoms with E-state index in [1.807, 2.05) is 0 Å². The van der Waals surface area contributed by atoms with E-state index in [9.17, 15) is 0 Å². The first-order valence-corrected chi connectivity index (χ1v) is 8.81. The zero-order valence-corrected chi connectivity index (χ0v) is 15.2. The highest BCUT2D eigenvalue weighted by Crippen LogP contribution is 2.26. The fourth-order valence-electron chi connectivity index (χ4n) is 3.11. The zero-order valence-electron chi connectivity index (χ0n) is 13.1. The highest BCUT2D eigenvalue weighted by molar-refractivity contribution is 14.1. The Morgan fingerprint density at radius 1 is 1.30 bits per heavy atom. The smallest absolute Gasteiger partial charge is 0.0438 e. The summed E-state index contributed by atoms with van der Waals surface area (Å²) in [4.78, 5) is 2.62. The van der Waals surface area contributed by atoms with E-state index in [4.69, 9.17) is 0 Å². The number of hydrogen-bond donors (Lipinski definition) is 1. The van der Waals surface area contributed by atoms with Gasteiger partial charge >= 0.3 is 0 Å². The molecule has 1 aliphatic heterocycles. The van der Waals surface area contributed by atoms with Crippen molar-refractivity contribution in [3.05, 3.63) is 27.8 Å². The van der Waals surface area contributed by atoms with Gasteiger partial charge in [0.1, 0.15) is 0 Å². The van der Waals surface area contributed by atoms with Crippen LogP contribution in [0.5, 0.6) is 0 Å². The molecule has 0 aliphatic carbocycles. The summed E-state index contributed by atoms with van der Waals surface area (Å²) in [6, 6.07) is 10.1. The van der Waals surface area contributed by atoms with Gasteiger partial charge in [0.05, 0.1) is 0 Å². The maximum absolute atomic E-state index is 3.75. The maximum Gasteiger partial charge on any atom is 0.0438 e.